The van der Waals surface area contributed by atoms with Crippen molar-refractivity contribution in [1.29, 1.82) is 0 Å². The first-order valence-corrected chi connectivity index (χ1v) is 10.1. The average Bonchev–Trinajstić information content (AvgIpc) is 3.34. The number of hydrogen-bond donors (Lipinski definition) is 2. The van der Waals surface area contributed by atoms with Crippen LogP contribution < -0.4 is 10.6 Å². The maximum atomic E-state index is 5.90. The van der Waals surface area contributed by atoms with Crippen molar-refractivity contribution in [3.8, 4) is 11.4 Å². The van der Waals surface area contributed by atoms with Crippen LogP contribution in [-0.2, 0) is 12.8 Å². The Hall–Kier alpha value is -2.38. The Labute approximate surface area is 167 Å². The van der Waals surface area contributed by atoms with Gasteiger partial charge in [-0.2, -0.15) is 4.98 Å². The minimum Gasteiger partial charge on any atom is -0.357 e. The molecule has 0 fully saturated rings. The topological polar surface area (TPSA) is 75.3 Å². The molecule has 0 aliphatic heterocycles. The third kappa shape index (κ3) is 6.08. The van der Waals surface area contributed by atoms with E-state index in [0.29, 0.717) is 29.7 Å². The molecular formula is C19H22ClN5OS. The maximum Gasteiger partial charge on any atom is 0.228 e. The largest absolute Gasteiger partial charge is 0.357 e. The second kappa shape index (κ2) is 10.1. The quantitative estimate of drug-likeness (QED) is 0.442. The molecule has 0 atom stereocenters. The van der Waals surface area contributed by atoms with Crippen LogP contribution in [0.1, 0.15) is 17.7 Å². The maximum absolute atomic E-state index is 5.90. The number of nitrogens with one attached hydrogen (secondary N) is 2. The highest BCUT2D eigenvalue weighted by molar-refractivity contribution is 7.09. The summed E-state index contributed by atoms with van der Waals surface area (Å²) in [7, 11) is 0. The van der Waals surface area contributed by atoms with Gasteiger partial charge in [0.05, 0.1) is 0 Å². The smallest absolute Gasteiger partial charge is 0.228 e. The molecule has 6 nitrogen and oxygen atoms in total. The van der Waals surface area contributed by atoms with E-state index in [1.54, 1.807) is 11.3 Å². The van der Waals surface area contributed by atoms with Crippen LogP contribution in [0.25, 0.3) is 11.4 Å². The van der Waals surface area contributed by atoms with Crippen molar-refractivity contribution >= 4 is 28.9 Å². The van der Waals surface area contributed by atoms with Crippen LogP contribution in [0.2, 0.25) is 5.02 Å². The fraction of sp³-hybridized carbons (Fsp3) is 0.316. The lowest BCUT2D eigenvalue weighted by molar-refractivity contribution is 0.378. The number of aromatic nitrogens is 2. The molecule has 142 valence electrons. The minimum atomic E-state index is 0.568. The van der Waals surface area contributed by atoms with Gasteiger partial charge in [0.15, 0.2) is 5.96 Å². The first-order chi connectivity index (χ1) is 13.2. The second-order valence-electron chi connectivity index (χ2n) is 5.79. The Kier molecular flexibility index (Phi) is 7.24. The van der Waals surface area contributed by atoms with Crippen LogP contribution in [0.5, 0.6) is 0 Å². The molecule has 0 spiro atoms. The molecule has 0 aliphatic rings. The summed E-state index contributed by atoms with van der Waals surface area (Å²) in [6.45, 7) is 4.27. The predicted octanol–water partition coefficient (Wildman–Crippen LogP) is 3.79. The summed E-state index contributed by atoms with van der Waals surface area (Å²) in [5.74, 6) is 1.95. The van der Waals surface area contributed by atoms with E-state index in [0.717, 1.165) is 31.0 Å². The Morgan fingerprint density at radius 3 is 2.78 bits per heavy atom. The number of nitrogens with zero attached hydrogens (tertiary/aromatic N) is 3. The highest BCUT2D eigenvalue weighted by Gasteiger charge is 2.08. The number of halogens is 1. The van der Waals surface area contributed by atoms with E-state index in [1.807, 2.05) is 31.2 Å². The Morgan fingerprint density at radius 1 is 1.19 bits per heavy atom. The minimum absolute atomic E-state index is 0.568. The van der Waals surface area contributed by atoms with E-state index in [2.05, 4.69) is 43.3 Å². The molecule has 0 saturated carbocycles. The predicted molar refractivity (Wildman–Crippen MR) is 110 cm³/mol. The fourth-order valence-electron chi connectivity index (χ4n) is 2.43. The van der Waals surface area contributed by atoms with Crippen LogP contribution in [0.3, 0.4) is 0 Å². The highest BCUT2D eigenvalue weighted by Crippen LogP contribution is 2.18. The van der Waals surface area contributed by atoms with Crippen LogP contribution >= 0.6 is 22.9 Å². The van der Waals surface area contributed by atoms with Gasteiger partial charge >= 0.3 is 0 Å². The zero-order valence-corrected chi connectivity index (χ0v) is 16.7. The number of aliphatic imine (C=N–C) groups is 1. The van der Waals surface area contributed by atoms with E-state index < -0.39 is 0 Å². The molecule has 0 radical (unpaired) electrons. The summed E-state index contributed by atoms with van der Waals surface area (Å²) >= 11 is 7.66. The number of guanidine groups is 1. The lowest BCUT2D eigenvalue weighted by atomic mass is 10.2. The van der Waals surface area contributed by atoms with Gasteiger partial charge in [0, 0.05) is 47.9 Å². The van der Waals surface area contributed by atoms with Crippen molar-refractivity contribution in [1.82, 2.24) is 20.8 Å². The van der Waals surface area contributed by atoms with Gasteiger partial charge in [-0.15, -0.1) is 11.3 Å². The van der Waals surface area contributed by atoms with Gasteiger partial charge in [0.1, 0.15) is 0 Å². The van der Waals surface area contributed by atoms with Crippen molar-refractivity contribution in [2.75, 3.05) is 19.6 Å². The summed E-state index contributed by atoms with van der Waals surface area (Å²) < 4.78 is 5.33. The van der Waals surface area contributed by atoms with E-state index in [4.69, 9.17) is 16.1 Å². The van der Waals surface area contributed by atoms with Gasteiger partial charge in [0.25, 0.3) is 0 Å². The monoisotopic (exact) mass is 403 g/mol. The van der Waals surface area contributed by atoms with Crippen LogP contribution in [-0.4, -0.2) is 35.7 Å². The number of thiophene rings is 1. The number of rotatable bonds is 8. The van der Waals surface area contributed by atoms with Crippen LogP contribution in [0, 0.1) is 0 Å². The zero-order chi connectivity index (χ0) is 18.9. The van der Waals surface area contributed by atoms with E-state index in [-0.39, 0.29) is 0 Å². The third-order valence-electron chi connectivity index (χ3n) is 3.75. The van der Waals surface area contributed by atoms with Crippen molar-refractivity contribution in [2.45, 2.75) is 19.8 Å². The summed E-state index contributed by atoms with van der Waals surface area (Å²) in [4.78, 5) is 10.4. The number of benzene rings is 1. The van der Waals surface area contributed by atoms with E-state index in [1.165, 1.54) is 4.88 Å². The summed E-state index contributed by atoms with van der Waals surface area (Å²) in [6.07, 6.45) is 1.57. The lowest BCUT2D eigenvalue weighted by Gasteiger charge is -2.10. The van der Waals surface area contributed by atoms with Crippen molar-refractivity contribution in [3.05, 3.63) is 57.6 Å². The summed E-state index contributed by atoms with van der Waals surface area (Å²) in [6, 6.07) is 11.6. The van der Waals surface area contributed by atoms with Gasteiger partial charge in [-0.25, -0.2) is 0 Å². The Balaban J connectivity index is 1.48. The van der Waals surface area contributed by atoms with Gasteiger partial charge in [0.2, 0.25) is 11.7 Å². The third-order valence-corrected chi connectivity index (χ3v) is 4.94. The molecular weight excluding hydrogens is 382 g/mol. The van der Waals surface area contributed by atoms with Gasteiger partial charge in [-0.3, -0.25) is 4.99 Å². The molecule has 0 bridgehead atoms. The summed E-state index contributed by atoms with van der Waals surface area (Å²) in [5, 5.41) is 13.3. The molecule has 0 amide bonds. The second-order valence-corrected chi connectivity index (χ2v) is 7.25. The average molecular weight is 404 g/mol. The Bertz CT molecular complexity index is 845. The van der Waals surface area contributed by atoms with Crippen LogP contribution in [0.15, 0.2) is 51.3 Å². The number of hydrogen-bond acceptors (Lipinski definition) is 5. The molecule has 0 saturated heterocycles. The molecule has 27 heavy (non-hydrogen) atoms. The van der Waals surface area contributed by atoms with Crippen molar-refractivity contribution in [3.63, 3.8) is 0 Å². The fourth-order valence-corrected chi connectivity index (χ4v) is 3.26. The summed E-state index contributed by atoms with van der Waals surface area (Å²) in [5.41, 5.74) is 0.880. The lowest BCUT2D eigenvalue weighted by Crippen LogP contribution is -2.38. The van der Waals surface area contributed by atoms with Crippen molar-refractivity contribution < 1.29 is 4.52 Å². The molecule has 2 heterocycles. The normalized spacial score (nSPS) is 11.6. The Morgan fingerprint density at radius 2 is 2.04 bits per heavy atom. The zero-order valence-electron chi connectivity index (χ0n) is 15.1. The molecule has 2 N–H and O–H groups in total. The molecule has 1 aromatic carbocycles. The van der Waals surface area contributed by atoms with Crippen molar-refractivity contribution in [2.24, 2.45) is 4.99 Å². The molecule has 3 aromatic rings. The van der Waals surface area contributed by atoms with Gasteiger partial charge in [-0.05, 0) is 42.6 Å². The first kappa shape index (κ1) is 19.4. The van der Waals surface area contributed by atoms with E-state index in [9.17, 15) is 0 Å². The van der Waals surface area contributed by atoms with Crippen LogP contribution in [0.4, 0.5) is 0 Å². The van der Waals surface area contributed by atoms with Gasteiger partial charge in [-0.1, -0.05) is 22.8 Å². The standard InChI is InChI=1S/C19H22ClN5OS/c1-2-21-19(22-11-9-16-4-3-13-27-16)23-12-10-17-24-18(25-26-17)14-5-7-15(20)8-6-14/h3-8,13H,2,9-12H2,1H3,(H2,21,22,23). The first-order valence-electron chi connectivity index (χ1n) is 8.87. The van der Waals surface area contributed by atoms with E-state index >= 15 is 0 Å². The molecule has 0 aliphatic carbocycles. The highest BCUT2D eigenvalue weighted by atomic mass is 35.5. The SMILES string of the molecule is CCNC(=NCCc1cccs1)NCCc1nc(-c2ccc(Cl)cc2)no1. The molecule has 0 unspecified atom stereocenters. The van der Waals surface area contributed by atoms with Gasteiger partial charge < -0.3 is 15.2 Å². The molecule has 8 heteroatoms. The molecule has 3 rings (SSSR count). The molecule has 2 aromatic heterocycles.